The molecule has 0 aliphatic carbocycles. The number of carbonyl (C=O) groups is 2. The number of ether oxygens (including phenoxy) is 1. The van der Waals surface area contributed by atoms with E-state index in [1.165, 1.54) is 31.0 Å². The van der Waals surface area contributed by atoms with E-state index in [1.807, 2.05) is 0 Å². The Labute approximate surface area is 135 Å². The molecular formula is C13H13ClN2O5S. The highest BCUT2D eigenvalue weighted by Gasteiger charge is 2.45. The minimum atomic E-state index is -1.16. The zero-order valence-corrected chi connectivity index (χ0v) is 13.2. The van der Waals surface area contributed by atoms with Crippen molar-refractivity contribution < 1.29 is 19.2 Å². The first-order chi connectivity index (χ1) is 10.4. The summed E-state index contributed by atoms with van der Waals surface area (Å²) in [6, 6.07) is 3.70. The molecule has 1 N–H and O–H groups in total. The van der Waals surface area contributed by atoms with Crippen molar-refractivity contribution in [3.05, 3.63) is 38.9 Å². The number of nitro benzene ring substituents is 1. The molecule has 1 heterocycles. The molecule has 1 aromatic rings. The van der Waals surface area contributed by atoms with Gasteiger partial charge in [0.2, 0.25) is 0 Å². The number of nitrogens with one attached hydrogen (secondary N) is 1. The van der Waals surface area contributed by atoms with E-state index in [1.54, 1.807) is 0 Å². The van der Waals surface area contributed by atoms with E-state index in [-0.39, 0.29) is 16.3 Å². The highest BCUT2D eigenvalue weighted by molar-refractivity contribution is 7.99. The van der Waals surface area contributed by atoms with E-state index in [0.29, 0.717) is 17.9 Å². The summed E-state index contributed by atoms with van der Waals surface area (Å²) in [6.45, 7) is 0. The van der Waals surface area contributed by atoms with Gasteiger partial charge in [0.15, 0.2) is 0 Å². The van der Waals surface area contributed by atoms with Crippen LogP contribution in [0.25, 0.3) is 0 Å². The van der Waals surface area contributed by atoms with Gasteiger partial charge >= 0.3 is 5.97 Å². The minimum absolute atomic E-state index is 0.183. The second-order valence-corrected chi connectivity index (χ2v) is 6.29. The molecule has 22 heavy (non-hydrogen) atoms. The standard InChI is InChI=1S/C13H13ClN2O5S/c1-21-12(18)13(4-5-22-7-13)15-11(17)9-6-8(14)2-3-10(9)16(19)20/h2-3,6H,4-5,7H2,1H3,(H,15,17). The van der Waals surface area contributed by atoms with E-state index < -0.39 is 22.3 Å². The fourth-order valence-corrected chi connectivity index (χ4v) is 3.70. The van der Waals surface area contributed by atoms with Crippen molar-refractivity contribution in [2.75, 3.05) is 18.6 Å². The molecule has 0 radical (unpaired) electrons. The molecular weight excluding hydrogens is 332 g/mol. The molecule has 0 bridgehead atoms. The molecule has 1 saturated heterocycles. The molecule has 1 unspecified atom stereocenters. The fraction of sp³-hybridized carbons (Fsp3) is 0.385. The number of benzene rings is 1. The highest BCUT2D eigenvalue weighted by atomic mass is 35.5. The van der Waals surface area contributed by atoms with Crippen molar-refractivity contribution in [1.29, 1.82) is 0 Å². The fourth-order valence-electron chi connectivity index (χ4n) is 2.20. The third kappa shape index (κ3) is 3.17. The summed E-state index contributed by atoms with van der Waals surface area (Å²) >= 11 is 7.31. The van der Waals surface area contributed by atoms with Crippen LogP contribution in [-0.4, -0.2) is 41.0 Å². The van der Waals surface area contributed by atoms with Crippen molar-refractivity contribution in [1.82, 2.24) is 5.32 Å². The topological polar surface area (TPSA) is 98.5 Å². The molecule has 1 atom stereocenters. The monoisotopic (exact) mass is 344 g/mol. The Bertz CT molecular complexity index is 631. The van der Waals surface area contributed by atoms with Crippen molar-refractivity contribution in [3.8, 4) is 0 Å². The number of nitrogens with zero attached hydrogens (tertiary/aromatic N) is 1. The summed E-state index contributed by atoms with van der Waals surface area (Å²) in [4.78, 5) is 34.8. The van der Waals surface area contributed by atoms with E-state index in [4.69, 9.17) is 16.3 Å². The van der Waals surface area contributed by atoms with Crippen molar-refractivity contribution in [2.24, 2.45) is 0 Å². The molecule has 1 amide bonds. The number of hydrogen-bond donors (Lipinski definition) is 1. The average Bonchev–Trinajstić information content (AvgIpc) is 2.95. The number of halogens is 1. The van der Waals surface area contributed by atoms with Gasteiger partial charge in [-0.15, -0.1) is 0 Å². The second-order valence-electron chi connectivity index (χ2n) is 4.75. The van der Waals surface area contributed by atoms with Crippen LogP contribution in [0.15, 0.2) is 18.2 Å². The van der Waals surface area contributed by atoms with Crippen LogP contribution in [0.2, 0.25) is 5.02 Å². The minimum Gasteiger partial charge on any atom is -0.467 e. The van der Waals surface area contributed by atoms with Crippen molar-refractivity contribution >= 4 is 40.9 Å². The Kier molecular flexibility index (Phi) is 4.92. The Morgan fingerprint density at radius 3 is 2.77 bits per heavy atom. The summed E-state index contributed by atoms with van der Waals surface area (Å²) in [6.07, 6.45) is 0.407. The third-order valence-corrected chi connectivity index (χ3v) is 4.78. The second kappa shape index (κ2) is 6.53. The summed E-state index contributed by atoms with van der Waals surface area (Å²) in [5, 5.41) is 13.8. The molecule has 7 nitrogen and oxygen atoms in total. The van der Waals surface area contributed by atoms with Gasteiger partial charge in [-0.3, -0.25) is 14.9 Å². The van der Waals surface area contributed by atoms with Gasteiger partial charge in [-0.05, 0) is 24.3 Å². The summed E-state index contributed by atoms with van der Waals surface area (Å²) in [5.41, 5.74) is -1.71. The quantitative estimate of drug-likeness (QED) is 0.509. The SMILES string of the molecule is COC(=O)C1(NC(=O)c2cc(Cl)ccc2[N+](=O)[O-])CCSC1. The van der Waals surface area contributed by atoms with E-state index >= 15 is 0 Å². The van der Waals surface area contributed by atoms with Gasteiger partial charge in [-0.25, -0.2) is 4.79 Å². The molecule has 0 aromatic heterocycles. The van der Waals surface area contributed by atoms with Crippen LogP contribution in [0, 0.1) is 10.1 Å². The van der Waals surface area contributed by atoms with Crippen molar-refractivity contribution in [2.45, 2.75) is 12.0 Å². The van der Waals surface area contributed by atoms with Gasteiger partial charge in [0.1, 0.15) is 11.1 Å². The maximum atomic E-state index is 12.4. The summed E-state index contributed by atoms with van der Waals surface area (Å²) in [5.74, 6) is -0.232. The Morgan fingerprint density at radius 2 is 2.23 bits per heavy atom. The average molecular weight is 345 g/mol. The molecule has 0 spiro atoms. The van der Waals surface area contributed by atoms with Gasteiger partial charge in [-0.1, -0.05) is 11.6 Å². The summed E-state index contributed by atoms with van der Waals surface area (Å²) < 4.78 is 4.75. The lowest BCUT2D eigenvalue weighted by molar-refractivity contribution is -0.385. The normalized spacial score (nSPS) is 20.5. The van der Waals surface area contributed by atoms with E-state index in [0.717, 1.165) is 6.07 Å². The van der Waals surface area contributed by atoms with E-state index in [9.17, 15) is 19.7 Å². The van der Waals surface area contributed by atoms with Crippen LogP contribution in [0.4, 0.5) is 5.69 Å². The van der Waals surface area contributed by atoms with Gasteiger partial charge < -0.3 is 10.1 Å². The lowest BCUT2D eigenvalue weighted by atomic mass is 9.98. The van der Waals surface area contributed by atoms with Gasteiger partial charge in [0.25, 0.3) is 11.6 Å². The largest absolute Gasteiger partial charge is 0.467 e. The first-order valence-corrected chi connectivity index (χ1v) is 7.85. The number of carbonyl (C=O) groups excluding carboxylic acids is 2. The predicted octanol–water partition coefficient (Wildman–Crippen LogP) is 2.03. The molecule has 1 aromatic carbocycles. The highest BCUT2D eigenvalue weighted by Crippen LogP contribution is 2.30. The Hall–Kier alpha value is -1.80. The third-order valence-electron chi connectivity index (χ3n) is 3.35. The van der Waals surface area contributed by atoms with Gasteiger partial charge in [0.05, 0.1) is 12.0 Å². The molecule has 1 aliphatic rings. The number of amides is 1. The molecule has 2 rings (SSSR count). The number of hydrogen-bond acceptors (Lipinski definition) is 6. The van der Waals surface area contributed by atoms with E-state index in [2.05, 4.69) is 5.32 Å². The predicted molar refractivity (Wildman–Crippen MR) is 82.3 cm³/mol. The molecule has 9 heteroatoms. The number of esters is 1. The lowest BCUT2D eigenvalue weighted by Crippen LogP contribution is -2.55. The Morgan fingerprint density at radius 1 is 1.50 bits per heavy atom. The zero-order chi connectivity index (χ0) is 16.3. The summed E-state index contributed by atoms with van der Waals surface area (Å²) in [7, 11) is 1.24. The number of nitro groups is 1. The maximum Gasteiger partial charge on any atom is 0.332 e. The number of methoxy groups -OCH3 is 1. The first kappa shape index (κ1) is 16.6. The maximum absolute atomic E-state index is 12.4. The molecule has 1 fully saturated rings. The van der Waals surface area contributed by atoms with Crippen LogP contribution in [-0.2, 0) is 9.53 Å². The van der Waals surface area contributed by atoms with Crippen LogP contribution < -0.4 is 5.32 Å². The molecule has 1 aliphatic heterocycles. The smallest absolute Gasteiger partial charge is 0.332 e. The number of thioether (sulfide) groups is 1. The van der Waals surface area contributed by atoms with Gasteiger partial charge in [-0.2, -0.15) is 11.8 Å². The van der Waals surface area contributed by atoms with Crippen LogP contribution in [0.5, 0.6) is 0 Å². The van der Waals surface area contributed by atoms with Crippen LogP contribution in [0.3, 0.4) is 0 Å². The van der Waals surface area contributed by atoms with Crippen LogP contribution >= 0.6 is 23.4 Å². The van der Waals surface area contributed by atoms with Crippen molar-refractivity contribution in [3.63, 3.8) is 0 Å². The number of rotatable bonds is 4. The molecule has 118 valence electrons. The van der Waals surface area contributed by atoms with Gasteiger partial charge in [0, 0.05) is 16.8 Å². The first-order valence-electron chi connectivity index (χ1n) is 6.32. The lowest BCUT2D eigenvalue weighted by Gasteiger charge is -2.26. The molecule has 0 saturated carbocycles. The Balaban J connectivity index is 2.34. The van der Waals surface area contributed by atoms with Crippen LogP contribution in [0.1, 0.15) is 16.8 Å². The zero-order valence-electron chi connectivity index (χ0n) is 11.6.